The van der Waals surface area contributed by atoms with E-state index in [4.69, 9.17) is 18.9 Å². The van der Waals surface area contributed by atoms with Crippen molar-refractivity contribution in [3.8, 4) is 0 Å². The lowest BCUT2D eigenvalue weighted by Crippen LogP contribution is -2.66. The van der Waals surface area contributed by atoms with Crippen LogP contribution in [0.1, 0.15) is 93.4 Å². The van der Waals surface area contributed by atoms with E-state index < -0.39 is 35.9 Å². The lowest BCUT2D eigenvalue weighted by molar-refractivity contribution is -0.229. The van der Waals surface area contributed by atoms with Crippen molar-refractivity contribution in [2.45, 2.75) is 112 Å². The summed E-state index contributed by atoms with van der Waals surface area (Å²) in [5.41, 5.74) is 0.640. The van der Waals surface area contributed by atoms with Crippen molar-refractivity contribution in [3.63, 3.8) is 0 Å². The molecule has 9 atom stereocenters. The maximum absolute atomic E-state index is 13.5. The second-order valence-electron chi connectivity index (χ2n) is 13.8. The highest BCUT2D eigenvalue weighted by atomic mass is 16.7. The third-order valence-electron chi connectivity index (χ3n) is 11.6. The lowest BCUT2D eigenvalue weighted by Gasteiger charge is -2.70. The molecule has 0 radical (unpaired) electrons. The van der Waals surface area contributed by atoms with Crippen molar-refractivity contribution < 1.29 is 33.3 Å². The van der Waals surface area contributed by atoms with Crippen LogP contribution in [0.5, 0.6) is 0 Å². The molecule has 0 aromatic rings. The maximum atomic E-state index is 13.5. The highest BCUT2D eigenvalue weighted by molar-refractivity contribution is 5.95. The van der Waals surface area contributed by atoms with Crippen molar-refractivity contribution in [2.24, 2.45) is 39.4 Å². The molecule has 0 amide bonds. The Morgan fingerprint density at radius 3 is 2.14 bits per heavy atom. The van der Waals surface area contributed by atoms with Gasteiger partial charge in [0.1, 0.15) is 6.10 Å². The van der Waals surface area contributed by atoms with E-state index in [0.717, 1.165) is 12.8 Å². The van der Waals surface area contributed by atoms with Crippen molar-refractivity contribution in [1.29, 1.82) is 0 Å². The smallest absolute Gasteiger partial charge is 0.338 e. The summed E-state index contributed by atoms with van der Waals surface area (Å²) >= 11 is 0. The number of hydrogen-bond acceptors (Lipinski definition) is 7. The number of carbonyl (C=O) groups excluding carboxylic acids is 3. The molecule has 206 valence electrons. The highest BCUT2D eigenvalue weighted by Gasteiger charge is 2.71. The first-order valence-electron chi connectivity index (χ1n) is 14.0. The second kappa shape index (κ2) is 8.56. The summed E-state index contributed by atoms with van der Waals surface area (Å²) in [7, 11) is 1.64. The van der Waals surface area contributed by atoms with Gasteiger partial charge in [0.05, 0.1) is 17.3 Å². The summed E-state index contributed by atoms with van der Waals surface area (Å²) in [6, 6.07) is 0. The van der Waals surface area contributed by atoms with Crippen LogP contribution >= 0.6 is 0 Å². The largest absolute Gasteiger partial charge is 0.462 e. The van der Waals surface area contributed by atoms with E-state index in [0.29, 0.717) is 35.8 Å². The normalized spacial score (nSPS) is 46.1. The van der Waals surface area contributed by atoms with Crippen molar-refractivity contribution in [3.05, 3.63) is 11.1 Å². The minimum absolute atomic E-state index is 0.0400. The number of methoxy groups -OCH3 is 1. The predicted octanol–water partition coefficient (Wildman–Crippen LogP) is 5.35. The standard InChI is InChI=1S/C30H44O7/c1-16(31)35-22-15-20-28(5)12-9-11-27(3,4)19(28)10-13-29(20,6)21-14-18(34-8)23-24(30(21,22)7)25(33)37-26(23)36-17(2)32/h18-22,26H,9-15H2,1-8H3/t18-,19+,20-,21+,22+,26-,28+,29-,30-/m1/s1. The Bertz CT molecular complexity index is 1040. The second-order valence-corrected chi connectivity index (χ2v) is 13.8. The van der Waals surface area contributed by atoms with Gasteiger partial charge in [0.15, 0.2) is 0 Å². The molecular weight excluding hydrogens is 472 g/mol. The van der Waals surface area contributed by atoms with Gasteiger partial charge in [-0.25, -0.2) is 4.79 Å². The van der Waals surface area contributed by atoms with Crippen molar-refractivity contribution >= 4 is 17.9 Å². The Morgan fingerprint density at radius 1 is 0.865 bits per heavy atom. The Kier molecular flexibility index (Phi) is 6.18. The molecule has 5 rings (SSSR count). The quantitative estimate of drug-likeness (QED) is 0.467. The Morgan fingerprint density at radius 2 is 1.51 bits per heavy atom. The van der Waals surface area contributed by atoms with E-state index in [-0.39, 0.29) is 28.1 Å². The molecule has 3 saturated carbocycles. The summed E-state index contributed by atoms with van der Waals surface area (Å²) in [6.45, 7) is 14.6. The molecule has 0 spiro atoms. The molecule has 0 unspecified atom stereocenters. The van der Waals surface area contributed by atoms with Crippen LogP contribution in [0.15, 0.2) is 11.1 Å². The number of ether oxygens (including phenoxy) is 4. The van der Waals surface area contributed by atoms with Gasteiger partial charge in [-0.3, -0.25) is 9.59 Å². The van der Waals surface area contributed by atoms with Gasteiger partial charge < -0.3 is 18.9 Å². The zero-order valence-corrected chi connectivity index (χ0v) is 23.8. The first-order valence-corrected chi connectivity index (χ1v) is 14.0. The summed E-state index contributed by atoms with van der Waals surface area (Å²) in [5.74, 6) is -0.356. The Hall–Kier alpha value is -1.89. The van der Waals surface area contributed by atoms with Gasteiger partial charge in [-0.2, -0.15) is 0 Å². The minimum Gasteiger partial charge on any atom is -0.462 e. The van der Waals surface area contributed by atoms with Gasteiger partial charge in [0.25, 0.3) is 6.29 Å². The van der Waals surface area contributed by atoms with E-state index in [1.165, 1.54) is 33.1 Å². The molecule has 0 saturated heterocycles. The molecule has 37 heavy (non-hydrogen) atoms. The van der Waals surface area contributed by atoms with Gasteiger partial charge in [-0.1, -0.05) is 41.0 Å². The Balaban J connectivity index is 1.68. The molecule has 7 heteroatoms. The average molecular weight is 517 g/mol. The van der Waals surface area contributed by atoms with Crippen LogP contribution in [-0.4, -0.2) is 43.5 Å². The van der Waals surface area contributed by atoms with Crippen LogP contribution in [0.3, 0.4) is 0 Å². The minimum atomic E-state index is -1.10. The van der Waals surface area contributed by atoms with Crippen LogP contribution < -0.4 is 0 Å². The van der Waals surface area contributed by atoms with Gasteiger partial charge >= 0.3 is 17.9 Å². The molecular formula is C30H44O7. The summed E-state index contributed by atoms with van der Waals surface area (Å²) < 4.78 is 23.2. The summed E-state index contributed by atoms with van der Waals surface area (Å²) in [6.07, 6.45) is 5.25. The van der Waals surface area contributed by atoms with E-state index in [1.807, 2.05) is 0 Å². The van der Waals surface area contributed by atoms with Crippen LogP contribution in [0, 0.1) is 39.4 Å². The molecule has 0 N–H and O–H groups in total. The topological polar surface area (TPSA) is 88.1 Å². The zero-order chi connectivity index (χ0) is 27.1. The number of fused-ring (bicyclic) bond motifs is 6. The molecule has 0 bridgehead atoms. The number of esters is 3. The van der Waals surface area contributed by atoms with Crippen LogP contribution in [0.2, 0.25) is 0 Å². The summed E-state index contributed by atoms with van der Waals surface area (Å²) in [5, 5.41) is 0. The van der Waals surface area contributed by atoms with Gasteiger partial charge in [0.2, 0.25) is 0 Å². The molecule has 5 aliphatic rings. The molecule has 0 aromatic carbocycles. The van der Waals surface area contributed by atoms with Crippen LogP contribution in [-0.2, 0) is 33.3 Å². The third kappa shape index (κ3) is 3.65. The SMILES string of the molecule is CO[C@@H]1C[C@H]2[C@]3(C)CC[C@H]4C(C)(C)CCC[C@]4(C)[C@H]3C[C@H](OC(C)=O)[C@]2(C)C2=C1[C@H](OC(C)=O)OC2=O. The maximum Gasteiger partial charge on any atom is 0.338 e. The van der Waals surface area contributed by atoms with E-state index in [1.54, 1.807) is 7.11 Å². The van der Waals surface area contributed by atoms with E-state index in [2.05, 4.69) is 34.6 Å². The van der Waals surface area contributed by atoms with Gasteiger partial charge in [-0.05, 0) is 72.5 Å². The highest BCUT2D eigenvalue weighted by Crippen LogP contribution is 2.74. The average Bonchev–Trinajstić information content (AvgIpc) is 3.10. The number of hydrogen-bond donors (Lipinski definition) is 0. The molecule has 1 heterocycles. The first kappa shape index (κ1) is 26.7. The number of cyclic esters (lactones) is 1. The molecule has 0 aromatic heterocycles. The fourth-order valence-corrected chi connectivity index (χ4v) is 10.3. The van der Waals surface area contributed by atoms with Gasteiger partial charge in [-0.15, -0.1) is 0 Å². The zero-order valence-electron chi connectivity index (χ0n) is 23.8. The molecule has 4 aliphatic carbocycles. The summed E-state index contributed by atoms with van der Waals surface area (Å²) in [4.78, 5) is 37.9. The Labute approximate surface area is 221 Å². The third-order valence-corrected chi connectivity index (χ3v) is 11.6. The number of rotatable bonds is 3. The van der Waals surface area contributed by atoms with Crippen molar-refractivity contribution in [1.82, 2.24) is 0 Å². The van der Waals surface area contributed by atoms with E-state index in [9.17, 15) is 14.4 Å². The molecule has 3 fully saturated rings. The fourth-order valence-electron chi connectivity index (χ4n) is 10.3. The van der Waals surface area contributed by atoms with Crippen molar-refractivity contribution in [2.75, 3.05) is 7.11 Å². The monoisotopic (exact) mass is 516 g/mol. The molecule has 1 aliphatic heterocycles. The lowest BCUT2D eigenvalue weighted by atomic mass is 9.35. The predicted molar refractivity (Wildman–Crippen MR) is 136 cm³/mol. The number of carbonyl (C=O) groups is 3. The van der Waals surface area contributed by atoms with Gasteiger partial charge in [0, 0.05) is 26.4 Å². The fraction of sp³-hybridized carbons (Fsp3) is 0.833. The van der Waals surface area contributed by atoms with E-state index >= 15 is 0 Å². The first-order chi connectivity index (χ1) is 17.2. The molecule has 7 nitrogen and oxygen atoms in total. The van der Waals surface area contributed by atoms with Crippen LogP contribution in [0.4, 0.5) is 0 Å². The van der Waals surface area contributed by atoms with Crippen LogP contribution in [0.25, 0.3) is 0 Å².